The number of nitrogens with zero attached hydrogens (tertiary/aromatic N) is 2. The standard InChI is InChI=1S/C11H11F3N2/c1-7-15-9-5-8(11(13,14)6-12)3-4-10(9)16(7)2/h3-5H,6H2,1-2H3. The minimum atomic E-state index is -3.43. The Kier molecular flexibility index (Phi) is 2.40. The van der Waals surface area contributed by atoms with Gasteiger partial charge in [0.2, 0.25) is 0 Å². The van der Waals surface area contributed by atoms with Gasteiger partial charge in [0.05, 0.1) is 11.0 Å². The fraction of sp³-hybridized carbons (Fsp3) is 0.364. The third-order valence-electron chi connectivity index (χ3n) is 2.69. The maximum atomic E-state index is 13.1. The molecule has 1 aromatic heterocycles. The Morgan fingerprint density at radius 2 is 2.06 bits per heavy atom. The lowest BCUT2D eigenvalue weighted by Crippen LogP contribution is -2.15. The quantitative estimate of drug-likeness (QED) is 0.772. The maximum Gasteiger partial charge on any atom is 0.301 e. The lowest BCUT2D eigenvalue weighted by molar-refractivity contribution is -0.0279. The average Bonchev–Trinajstić information content (AvgIpc) is 2.54. The van der Waals surface area contributed by atoms with Crippen molar-refractivity contribution in [2.45, 2.75) is 12.8 Å². The number of fused-ring (bicyclic) bond motifs is 1. The van der Waals surface area contributed by atoms with Crippen LogP contribution in [0.3, 0.4) is 0 Å². The zero-order chi connectivity index (χ0) is 11.9. The number of aryl methyl sites for hydroxylation is 2. The summed E-state index contributed by atoms with van der Waals surface area (Å²) >= 11 is 0. The molecule has 2 nitrogen and oxygen atoms in total. The molecule has 0 radical (unpaired) electrons. The molecule has 5 heteroatoms. The van der Waals surface area contributed by atoms with Gasteiger partial charge in [-0.05, 0) is 19.1 Å². The largest absolute Gasteiger partial charge is 0.331 e. The summed E-state index contributed by atoms with van der Waals surface area (Å²) in [7, 11) is 1.80. The van der Waals surface area contributed by atoms with E-state index in [4.69, 9.17) is 0 Å². The van der Waals surface area contributed by atoms with E-state index in [1.54, 1.807) is 18.5 Å². The predicted molar refractivity (Wildman–Crippen MR) is 55.3 cm³/mol. The van der Waals surface area contributed by atoms with Gasteiger partial charge >= 0.3 is 5.92 Å². The molecular weight excluding hydrogens is 217 g/mol. The zero-order valence-electron chi connectivity index (χ0n) is 8.97. The number of benzene rings is 1. The number of hydrogen-bond donors (Lipinski definition) is 0. The van der Waals surface area contributed by atoms with Crippen LogP contribution in [0, 0.1) is 6.92 Å². The van der Waals surface area contributed by atoms with E-state index in [1.165, 1.54) is 18.2 Å². The Morgan fingerprint density at radius 1 is 1.38 bits per heavy atom. The first-order chi connectivity index (χ1) is 7.45. The first-order valence-corrected chi connectivity index (χ1v) is 4.83. The van der Waals surface area contributed by atoms with Crippen LogP contribution in [0.1, 0.15) is 11.4 Å². The Hall–Kier alpha value is -1.52. The molecule has 16 heavy (non-hydrogen) atoms. The molecule has 0 aliphatic carbocycles. The van der Waals surface area contributed by atoms with Crippen LogP contribution >= 0.6 is 0 Å². The molecule has 0 aliphatic heterocycles. The number of hydrogen-bond acceptors (Lipinski definition) is 1. The summed E-state index contributed by atoms with van der Waals surface area (Å²) < 4.78 is 40.2. The average molecular weight is 228 g/mol. The zero-order valence-corrected chi connectivity index (χ0v) is 8.97. The Bertz CT molecular complexity index is 531. The van der Waals surface area contributed by atoms with E-state index in [9.17, 15) is 13.2 Å². The van der Waals surface area contributed by atoms with Crippen LogP contribution in [0.15, 0.2) is 18.2 Å². The monoisotopic (exact) mass is 228 g/mol. The van der Waals surface area contributed by atoms with Crippen molar-refractivity contribution in [3.05, 3.63) is 29.6 Å². The number of halogens is 3. The molecule has 1 aromatic carbocycles. The summed E-state index contributed by atoms with van der Waals surface area (Å²) in [6, 6.07) is 4.01. The molecule has 0 amide bonds. The van der Waals surface area contributed by atoms with E-state index in [0.717, 1.165) is 11.3 Å². The van der Waals surface area contributed by atoms with Crippen molar-refractivity contribution in [3.8, 4) is 0 Å². The van der Waals surface area contributed by atoms with E-state index in [2.05, 4.69) is 4.98 Å². The molecule has 0 saturated heterocycles. The summed E-state index contributed by atoms with van der Waals surface area (Å²) in [5.74, 6) is -2.70. The number of rotatable bonds is 2. The van der Waals surface area contributed by atoms with Crippen LogP contribution in [-0.4, -0.2) is 16.2 Å². The highest BCUT2D eigenvalue weighted by molar-refractivity contribution is 5.77. The van der Waals surface area contributed by atoms with Gasteiger partial charge in [-0.15, -0.1) is 0 Å². The molecule has 0 saturated carbocycles. The fourth-order valence-corrected chi connectivity index (χ4v) is 1.62. The summed E-state index contributed by atoms with van der Waals surface area (Å²) in [5, 5.41) is 0. The van der Waals surface area contributed by atoms with Gasteiger partial charge < -0.3 is 4.57 Å². The molecule has 0 atom stereocenters. The second kappa shape index (κ2) is 3.50. The Morgan fingerprint density at radius 3 is 2.69 bits per heavy atom. The van der Waals surface area contributed by atoms with E-state index < -0.39 is 12.6 Å². The van der Waals surface area contributed by atoms with E-state index >= 15 is 0 Å². The molecule has 0 spiro atoms. The summed E-state index contributed by atoms with van der Waals surface area (Å²) in [5.41, 5.74) is 0.891. The van der Waals surface area contributed by atoms with Crippen LogP contribution in [0.25, 0.3) is 11.0 Å². The molecular formula is C11H11F3N2. The van der Waals surface area contributed by atoms with E-state index in [-0.39, 0.29) is 5.56 Å². The van der Waals surface area contributed by atoms with Crippen LogP contribution in [0.4, 0.5) is 13.2 Å². The van der Waals surface area contributed by atoms with Gasteiger partial charge in [0.1, 0.15) is 5.82 Å². The van der Waals surface area contributed by atoms with Gasteiger partial charge in [0.25, 0.3) is 0 Å². The van der Waals surface area contributed by atoms with Gasteiger partial charge in [-0.3, -0.25) is 0 Å². The number of aromatic nitrogens is 2. The summed E-state index contributed by atoms with van der Waals surface area (Å²) in [4.78, 5) is 4.13. The van der Waals surface area contributed by atoms with E-state index in [0.29, 0.717) is 5.52 Å². The van der Waals surface area contributed by atoms with E-state index in [1.807, 2.05) is 0 Å². The number of imidazole rings is 1. The molecule has 2 aromatic rings. The highest BCUT2D eigenvalue weighted by Crippen LogP contribution is 2.30. The summed E-state index contributed by atoms with van der Waals surface area (Å²) in [6.45, 7) is 0.0945. The van der Waals surface area contributed by atoms with Gasteiger partial charge in [-0.25, -0.2) is 9.37 Å². The first kappa shape index (κ1) is 11.0. The minimum absolute atomic E-state index is 0.333. The summed E-state index contributed by atoms with van der Waals surface area (Å²) in [6.07, 6.45) is 0. The highest BCUT2D eigenvalue weighted by Gasteiger charge is 2.31. The Balaban J connectivity index is 2.61. The fourth-order valence-electron chi connectivity index (χ4n) is 1.62. The van der Waals surface area contributed by atoms with Crippen molar-refractivity contribution in [2.75, 3.05) is 6.67 Å². The lowest BCUT2D eigenvalue weighted by atomic mass is 10.1. The van der Waals surface area contributed by atoms with Crippen molar-refractivity contribution in [3.63, 3.8) is 0 Å². The SMILES string of the molecule is Cc1nc2cc(C(F)(F)CF)ccc2n1C. The minimum Gasteiger partial charge on any atom is -0.331 e. The maximum absolute atomic E-state index is 13.1. The second-order valence-electron chi connectivity index (χ2n) is 3.76. The van der Waals surface area contributed by atoms with Gasteiger partial charge in [0, 0.05) is 12.6 Å². The molecule has 86 valence electrons. The third-order valence-corrected chi connectivity index (χ3v) is 2.69. The molecule has 2 rings (SSSR count). The highest BCUT2D eigenvalue weighted by atomic mass is 19.3. The topological polar surface area (TPSA) is 17.8 Å². The lowest BCUT2D eigenvalue weighted by Gasteiger charge is -2.11. The van der Waals surface area contributed by atoms with Crippen molar-refractivity contribution in [1.29, 1.82) is 0 Å². The molecule has 0 unspecified atom stereocenters. The molecule has 0 bridgehead atoms. The van der Waals surface area contributed by atoms with Crippen LogP contribution in [0.5, 0.6) is 0 Å². The smallest absolute Gasteiger partial charge is 0.301 e. The molecule has 0 N–H and O–H groups in total. The van der Waals surface area contributed by atoms with Crippen molar-refractivity contribution in [1.82, 2.24) is 9.55 Å². The van der Waals surface area contributed by atoms with Crippen LogP contribution in [0.2, 0.25) is 0 Å². The van der Waals surface area contributed by atoms with Gasteiger partial charge in [-0.1, -0.05) is 6.07 Å². The van der Waals surface area contributed by atoms with Crippen molar-refractivity contribution < 1.29 is 13.2 Å². The Labute approximate surface area is 90.7 Å². The van der Waals surface area contributed by atoms with Gasteiger partial charge in [-0.2, -0.15) is 8.78 Å². The van der Waals surface area contributed by atoms with Crippen molar-refractivity contribution >= 4 is 11.0 Å². The first-order valence-electron chi connectivity index (χ1n) is 4.83. The number of alkyl halides is 3. The van der Waals surface area contributed by atoms with Crippen molar-refractivity contribution in [2.24, 2.45) is 7.05 Å². The predicted octanol–water partition coefficient (Wildman–Crippen LogP) is 2.94. The van der Waals surface area contributed by atoms with Crippen LogP contribution < -0.4 is 0 Å². The molecule has 1 heterocycles. The second-order valence-corrected chi connectivity index (χ2v) is 3.76. The normalized spacial score (nSPS) is 12.3. The van der Waals surface area contributed by atoms with Gasteiger partial charge in [0.15, 0.2) is 6.67 Å². The molecule has 0 aliphatic rings. The van der Waals surface area contributed by atoms with Crippen LogP contribution in [-0.2, 0) is 13.0 Å². The third kappa shape index (κ3) is 1.56. The molecule has 0 fully saturated rings.